The number of β-lactam (4-membered cyclic amide) rings is 1. The number of nitriles is 1. The second kappa shape index (κ2) is 6.66. The molecule has 3 aliphatic heterocycles. The third kappa shape index (κ3) is 2.69. The molecule has 0 aromatic carbocycles. The fourth-order valence-electron chi connectivity index (χ4n) is 3.66. The maximum atomic E-state index is 12.9. The van der Waals surface area contributed by atoms with Gasteiger partial charge in [0.1, 0.15) is 11.4 Å². The number of likely N-dealkylation sites (tertiary alicyclic amines) is 1. The van der Waals surface area contributed by atoms with Gasteiger partial charge in [0.25, 0.3) is 5.91 Å². The van der Waals surface area contributed by atoms with Gasteiger partial charge >= 0.3 is 5.97 Å². The molecule has 4 atom stereocenters. The zero-order chi connectivity index (χ0) is 21.0. The van der Waals surface area contributed by atoms with Gasteiger partial charge in [-0.3, -0.25) is 23.4 Å². The first-order valence-corrected chi connectivity index (χ1v) is 9.67. The standard InChI is InChI=1S/C16H18N4O7S/c1-8(21)18(6-17)11-13(24)20-12(16(2,3)28(26)14(11)20)15(25)27-7-19-9(22)4-5-10(19)23/h11-12,14H,4-5,7H2,1-3H3/t11-,12+,14-,28?/m1/s1. The molecule has 0 aromatic rings. The normalized spacial score (nSPS) is 30.6. The zero-order valence-corrected chi connectivity index (χ0v) is 16.2. The summed E-state index contributed by atoms with van der Waals surface area (Å²) in [4.78, 5) is 62.6. The lowest BCUT2D eigenvalue weighted by Crippen LogP contribution is -2.71. The van der Waals surface area contributed by atoms with Crippen LogP contribution in [0, 0.1) is 11.5 Å². The number of carbonyl (C=O) groups is 5. The van der Waals surface area contributed by atoms with Crippen LogP contribution in [0.3, 0.4) is 0 Å². The van der Waals surface area contributed by atoms with Crippen LogP contribution in [0.25, 0.3) is 0 Å². The third-order valence-corrected chi connectivity index (χ3v) is 7.35. The molecule has 3 saturated heterocycles. The Morgan fingerprint density at radius 2 is 1.86 bits per heavy atom. The van der Waals surface area contributed by atoms with E-state index in [1.54, 1.807) is 6.19 Å². The second-order valence-electron chi connectivity index (χ2n) is 7.18. The first kappa shape index (κ1) is 19.9. The summed E-state index contributed by atoms with van der Waals surface area (Å²) in [5.74, 6) is -3.19. The molecule has 3 aliphatic rings. The van der Waals surface area contributed by atoms with Gasteiger partial charge in [-0.2, -0.15) is 5.26 Å². The van der Waals surface area contributed by atoms with Gasteiger partial charge in [-0.15, -0.1) is 0 Å². The van der Waals surface area contributed by atoms with Crippen LogP contribution in [0.2, 0.25) is 0 Å². The number of imide groups is 1. The molecule has 0 spiro atoms. The van der Waals surface area contributed by atoms with Gasteiger partial charge in [0.05, 0.1) is 15.5 Å². The minimum atomic E-state index is -1.77. The van der Waals surface area contributed by atoms with Gasteiger partial charge in [0.2, 0.25) is 17.7 Å². The predicted octanol–water partition coefficient (Wildman–Crippen LogP) is -1.59. The lowest BCUT2D eigenvalue weighted by molar-refractivity contribution is -0.171. The number of ether oxygens (including phenoxy) is 1. The molecule has 3 rings (SSSR count). The molecule has 0 N–H and O–H groups in total. The molecule has 11 nitrogen and oxygen atoms in total. The van der Waals surface area contributed by atoms with Crippen molar-refractivity contribution in [2.24, 2.45) is 0 Å². The van der Waals surface area contributed by atoms with E-state index in [0.29, 0.717) is 4.90 Å². The quantitative estimate of drug-likeness (QED) is 0.177. The summed E-state index contributed by atoms with van der Waals surface area (Å²) in [5, 5.41) is 8.13. The molecule has 12 heteroatoms. The van der Waals surface area contributed by atoms with Crippen molar-refractivity contribution < 1.29 is 32.9 Å². The first-order valence-electron chi connectivity index (χ1n) is 8.46. The molecule has 150 valence electrons. The van der Waals surface area contributed by atoms with E-state index in [4.69, 9.17) is 10.00 Å². The van der Waals surface area contributed by atoms with E-state index >= 15 is 0 Å². The molecular formula is C16H18N4O7S. The molecule has 0 radical (unpaired) electrons. The molecule has 3 fully saturated rings. The lowest BCUT2D eigenvalue weighted by Gasteiger charge is -2.45. The van der Waals surface area contributed by atoms with E-state index in [1.807, 2.05) is 0 Å². The Labute approximate surface area is 162 Å². The zero-order valence-electron chi connectivity index (χ0n) is 15.4. The highest BCUT2D eigenvalue weighted by Gasteiger charge is 2.70. The van der Waals surface area contributed by atoms with E-state index in [2.05, 4.69) is 0 Å². The highest BCUT2D eigenvalue weighted by Crippen LogP contribution is 2.45. The van der Waals surface area contributed by atoms with Gasteiger partial charge in [-0.05, 0) is 13.8 Å². The first-order chi connectivity index (χ1) is 13.0. The van der Waals surface area contributed by atoms with Gasteiger partial charge in [0, 0.05) is 19.8 Å². The maximum absolute atomic E-state index is 12.9. The summed E-state index contributed by atoms with van der Waals surface area (Å²) in [6.45, 7) is 3.55. The highest BCUT2D eigenvalue weighted by atomic mass is 32.2. The smallest absolute Gasteiger partial charge is 0.332 e. The van der Waals surface area contributed by atoms with Crippen molar-refractivity contribution in [3.63, 3.8) is 0 Å². The number of hydrogen-bond acceptors (Lipinski definition) is 8. The third-order valence-electron chi connectivity index (χ3n) is 5.17. The summed E-state index contributed by atoms with van der Waals surface area (Å²) in [7, 11) is -1.77. The largest absolute Gasteiger partial charge is 0.442 e. The number of esters is 1. The van der Waals surface area contributed by atoms with Gasteiger partial charge in [-0.1, -0.05) is 0 Å². The van der Waals surface area contributed by atoms with Crippen LogP contribution < -0.4 is 0 Å². The monoisotopic (exact) mass is 410 g/mol. The van der Waals surface area contributed by atoms with Crippen LogP contribution >= 0.6 is 0 Å². The highest BCUT2D eigenvalue weighted by molar-refractivity contribution is 7.87. The van der Waals surface area contributed by atoms with Crippen LogP contribution in [0.15, 0.2) is 0 Å². The van der Waals surface area contributed by atoms with Crippen molar-refractivity contribution >= 4 is 40.4 Å². The fraction of sp³-hybridized carbons (Fsp3) is 0.625. The molecule has 3 heterocycles. The summed E-state index contributed by atoms with van der Waals surface area (Å²) in [5.41, 5.74) is 0. The number of fused-ring (bicyclic) bond motifs is 1. The average molecular weight is 410 g/mol. The number of rotatable bonds is 4. The molecule has 4 amide bonds. The van der Waals surface area contributed by atoms with Crippen molar-refractivity contribution in [1.29, 1.82) is 5.26 Å². The van der Waals surface area contributed by atoms with Gasteiger partial charge in [-0.25, -0.2) is 14.6 Å². The molecule has 0 aliphatic carbocycles. The molecule has 1 unspecified atom stereocenters. The van der Waals surface area contributed by atoms with Gasteiger partial charge < -0.3 is 9.64 Å². The number of amides is 4. The molecular weight excluding hydrogens is 392 g/mol. The Kier molecular flexibility index (Phi) is 4.74. The average Bonchev–Trinajstić information content (AvgIpc) is 3.03. The molecule has 28 heavy (non-hydrogen) atoms. The Morgan fingerprint density at radius 1 is 1.29 bits per heavy atom. The second-order valence-corrected chi connectivity index (χ2v) is 9.31. The fourth-order valence-corrected chi connectivity index (χ4v) is 5.61. The van der Waals surface area contributed by atoms with Gasteiger partial charge in [0.15, 0.2) is 19.0 Å². The van der Waals surface area contributed by atoms with Crippen LogP contribution in [-0.4, -0.2) is 77.4 Å². The topological polar surface area (TPSA) is 145 Å². The Hall–Kier alpha value is -2.81. The Bertz CT molecular complexity index is 848. The van der Waals surface area contributed by atoms with E-state index in [9.17, 15) is 28.2 Å². The molecule has 0 aromatic heterocycles. The van der Waals surface area contributed by atoms with E-state index in [1.165, 1.54) is 13.8 Å². The van der Waals surface area contributed by atoms with E-state index in [-0.39, 0.29) is 12.8 Å². The molecule has 0 saturated carbocycles. The summed E-state index contributed by atoms with van der Waals surface area (Å²) < 4.78 is 16.8. The SMILES string of the molecule is CC(=O)N(C#N)[C@@H]1C(=O)N2[C@@H]1S(=O)C(C)(C)[C@@H]2C(=O)OCN1C(=O)CCC1=O. The number of carbonyl (C=O) groups excluding carboxylic acids is 5. The van der Waals surface area contributed by atoms with E-state index < -0.39 is 69.3 Å². The predicted molar refractivity (Wildman–Crippen MR) is 90.6 cm³/mol. The Morgan fingerprint density at radius 3 is 2.36 bits per heavy atom. The minimum absolute atomic E-state index is 0.0404. The van der Waals surface area contributed by atoms with Crippen molar-refractivity contribution in [2.75, 3.05) is 6.73 Å². The number of hydrogen-bond donors (Lipinski definition) is 0. The van der Waals surface area contributed by atoms with Crippen molar-refractivity contribution in [1.82, 2.24) is 14.7 Å². The van der Waals surface area contributed by atoms with E-state index in [0.717, 1.165) is 16.7 Å². The van der Waals surface area contributed by atoms with Crippen molar-refractivity contribution in [3.8, 4) is 6.19 Å². The van der Waals surface area contributed by atoms with Crippen LogP contribution in [0.1, 0.15) is 33.6 Å². The molecule has 0 bridgehead atoms. The van der Waals surface area contributed by atoms with Crippen molar-refractivity contribution in [3.05, 3.63) is 0 Å². The van der Waals surface area contributed by atoms with Crippen LogP contribution in [0.4, 0.5) is 0 Å². The maximum Gasteiger partial charge on any atom is 0.332 e. The number of nitrogens with zero attached hydrogens (tertiary/aromatic N) is 4. The summed E-state index contributed by atoms with van der Waals surface area (Å²) >= 11 is 0. The van der Waals surface area contributed by atoms with Crippen molar-refractivity contribution in [2.45, 2.75) is 55.8 Å². The van der Waals surface area contributed by atoms with Crippen LogP contribution in [-0.2, 0) is 39.5 Å². The summed E-state index contributed by atoms with van der Waals surface area (Å²) in [6, 6.07) is -2.47. The summed E-state index contributed by atoms with van der Waals surface area (Å²) in [6.07, 6.45) is 1.70. The minimum Gasteiger partial charge on any atom is -0.442 e. The lowest BCUT2D eigenvalue weighted by atomic mass is 9.95. The van der Waals surface area contributed by atoms with Crippen LogP contribution in [0.5, 0.6) is 0 Å². The Balaban J connectivity index is 1.80.